The summed E-state index contributed by atoms with van der Waals surface area (Å²) in [5.74, 6) is -3.44. The molecule has 244 valence electrons. The summed E-state index contributed by atoms with van der Waals surface area (Å²) >= 11 is 0. The van der Waals surface area contributed by atoms with Crippen LogP contribution in [0.4, 0.5) is 4.79 Å². The van der Waals surface area contributed by atoms with Crippen molar-refractivity contribution in [2.45, 2.75) is 95.8 Å². The zero-order chi connectivity index (χ0) is 32.4. The van der Waals surface area contributed by atoms with Gasteiger partial charge in [0.15, 0.2) is 5.78 Å². The standard InChI is InChI=1S/C32H45NO11/c1-16-19(25(44-41)20(34)13-33-28(38)42-14-18-9-7-6-8-10-18)12-32(40)17(2)26-30(5,21(35)11-22-31(26,39)15-43-22)27(37)24(36)23(16)29(32,3)4/h6-10,17,19-22,24-26,34-36,39-41H,11-15H2,1-5H3,(H,33,38)/t17?,19?,20?,21?,22?,24?,25-,26?,30-,31+,32?/m1/s1. The number of nitrogens with one attached hydrogen (secondary N) is 1. The number of ether oxygens (including phenoxy) is 2. The highest BCUT2D eigenvalue weighted by atomic mass is 17.1. The Morgan fingerprint density at radius 1 is 1.16 bits per heavy atom. The second kappa shape index (κ2) is 11.4. The maximum atomic E-state index is 14.2. The number of fused-ring (bicyclic) bond motifs is 5. The number of carbonyl (C=O) groups excluding carboxylic acids is 2. The number of hydrogen-bond acceptors (Lipinski definition) is 11. The molecule has 0 aromatic heterocycles. The molecule has 44 heavy (non-hydrogen) atoms. The van der Waals surface area contributed by atoms with Crippen LogP contribution in [0, 0.1) is 28.6 Å². The van der Waals surface area contributed by atoms with Crippen molar-refractivity contribution in [3.63, 3.8) is 0 Å². The van der Waals surface area contributed by atoms with Crippen LogP contribution < -0.4 is 5.32 Å². The molecule has 3 fully saturated rings. The van der Waals surface area contributed by atoms with Crippen LogP contribution in [0.5, 0.6) is 0 Å². The zero-order valence-electron chi connectivity index (χ0n) is 25.8. The molecule has 1 saturated heterocycles. The molecule has 1 amide bonds. The van der Waals surface area contributed by atoms with Gasteiger partial charge >= 0.3 is 6.09 Å². The summed E-state index contributed by atoms with van der Waals surface area (Å²) in [6, 6.07) is 9.03. The lowest BCUT2D eigenvalue weighted by Gasteiger charge is -2.67. The summed E-state index contributed by atoms with van der Waals surface area (Å²) in [5, 5.41) is 71.1. The fraction of sp³-hybridized carbons (Fsp3) is 0.688. The summed E-state index contributed by atoms with van der Waals surface area (Å²) in [6.45, 7) is 7.87. The van der Waals surface area contributed by atoms with Gasteiger partial charge in [0.1, 0.15) is 30.5 Å². The molecular formula is C32H45NO11. The molecule has 5 rings (SSSR count). The number of rotatable bonds is 7. The minimum Gasteiger partial charge on any atom is -0.445 e. The largest absolute Gasteiger partial charge is 0.445 e. The van der Waals surface area contributed by atoms with Gasteiger partial charge in [-0.2, -0.15) is 0 Å². The van der Waals surface area contributed by atoms with E-state index in [1.165, 1.54) is 6.92 Å². The topological polar surface area (TPSA) is 195 Å². The number of ketones is 1. The number of Topliss-reactive ketones (excluding diaryl/α,β-unsaturated/α-hetero) is 1. The minimum atomic E-state index is -1.77. The Labute approximate surface area is 256 Å². The summed E-state index contributed by atoms with van der Waals surface area (Å²) in [7, 11) is 0. The first kappa shape index (κ1) is 33.0. The van der Waals surface area contributed by atoms with Crippen LogP contribution in [0.1, 0.15) is 53.0 Å². The number of benzene rings is 1. The van der Waals surface area contributed by atoms with E-state index >= 15 is 0 Å². The minimum absolute atomic E-state index is 0.00452. The van der Waals surface area contributed by atoms with Crippen molar-refractivity contribution in [1.29, 1.82) is 0 Å². The van der Waals surface area contributed by atoms with E-state index in [-0.39, 0.29) is 38.2 Å². The molecule has 11 atom stereocenters. The van der Waals surface area contributed by atoms with Crippen LogP contribution in [0.3, 0.4) is 0 Å². The number of amides is 1. The summed E-state index contributed by atoms with van der Waals surface area (Å²) in [6.07, 6.45) is -7.52. The van der Waals surface area contributed by atoms with E-state index in [4.69, 9.17) is 14.4 Å². The number of hydrogen-bond donors (Lipinski definition) is 7. The quantitative estimate of drug-likeness (QED) is 0.132. The predicted molar refractivity (Wildman–Crippen MR) is 155 cm³/mol. The van der Waals surface area contributed by atoms with Crippen molar-refractivity contribution in [3.05, 3.63) is 47.0 Å². The van der Waals surface area contributed by atoms with Gasteiger partial charge in [0, 0.05) is 30.2 Å². The highest BCUT2D eigenvalue weighted by Gasteiger charge is 2.74. The lowest BCUT2D eigenvalue weighted by molar-refractivity contribution is -0.338. The molecule has 7 N–H and O–H groups in total. The van der Waals surface area contributed by atoms with Gasteiger partial charge in [-0.15, -0.1) is 0 Å². The number of aliphatic hydroxyl groups is 5. The van der Waals surface area contributed by atoms with Gasteiger partial charge in [-0.05, 0) is 37.3 Å². The van der Waals surface area contributed by atoms with Crippen LogP contribution in [0.25, 0.3) is 0 Å². The van der Waals surface area contributed by atoms with Crippen molar-refractivity contribution < 1.29 is 54.7 Å². The van der Waals surface area contributed by atoms with Crippen molar-refractivity contribution >= 4 is 11.9 Å². The molecule has 12 heteroatoms. The van der Waals surface area contributed by atoms with E-state index < -0.39 is 82.2 Å². The van der Waals surface area contributed by atoms with Crippen LogP contribution >= 0.6 is 0 Å². The summed E-state index contributed by atoms with van der Waals surface area (Å²) < 4.78 is 10.8. The van der Waals surface area contributed by atoms with Crippen molar-refractivity contribution in [2.75, 3.05) is 13.2 Å². The van der Waals surface area contributed by atoms with Crippen molar-refractivity contribution in [2.24, 2.45) is 28.6 Å². The predicted octanol–water partition coefficient (Wildman–Crippen LogP) is 1.32. The van der Waals surface area contributed by atoms with Crippen LogP contribution in [-0.2, 0) is 25.8 Å². The third-order valence-corrected chi connectivity index (χ3v) is 11.5. The Balaban J connectivity index is 1.46. The second-order valence-electron chi connectivity index (χ2n) is 13.9. The molecular weight excluding hydrogens is 574 g/mol. The molecule has 12 nitrogen and oxygen atoms in total. The number of alkyl carbamates (subject to hydrolysis) is 1. The molecule has 1 aliphatic heterocycles. The van der Waals surface area contributed by atoms with E-state index in [1.54, 1.807) is 52.0 Å². The van der Waals surface area contributed by atoms with Gasteiger partial charge in [-0.25, -0.2) is 9.68 Å². The summed E-state index contributed by atoms with van der Waals surface area (Å²) in [5.41, 5.74) is -4.69. The van der Waals surface area contributed by atoms with E-state index in [9.17, 15) is 40.4 Å². The SMILES string of the molecule is CC1=C2C(O)C(=O)[C@]3(C)C(O)CC4OC[C@@]4(O)C3C(C)C(O)(CC1[C@@H](OO)C(O)CNC(=O)OCc1ccccc1)C2(C)C. The maximum absolute atomic E-state index is 14.2. The number of carbonyl (C=O) groups is 2. The van der Waals surface area contributed by atoms with Gasteiger partial charge in [0.05, 0.1) is 29.8 Å². The third kappa shape index (κ3) is 4.73. The second-order valence-corrected chi connectivity index (χ2v) is 13.9. The average molecular weight is 620 g/mol. The molecule has 8 unspecified atom stereocenters. The lowest BCUT2D eigenvalue weighted by Crippen LogP contribution is -2.78. The molecule has 3 aliphatic carbocycles. The smallest absolute Gasteiger partial charge is 0.407 e. The van der Waals surface area contributed by atoms with Gasteiger partial charge in [0.2, 0.25) is 0 Å². The molecule has 0 spiro atoms. The van der Waals surface area contributed by atoms with Gasteiger partial charge < -0.3 is 40.3 Å². The Hall–Kier alpha value is -2.42. The Bertz CT molecular complexity index is 1300. The highest BCUT2D eigenvalue weighted by molar-refractivity contribution is 5.93. The van der Waals surface area contributed by atoms with Gasteiger partial charge in [-0.3, -0.25) is 10.1 Å². The van der Waals surface area contributed by atoms with Crippen LogP contribution in [-0.4, -0.2) is 97.5 Å². The molecule has 2 bridgehead atoms. The molecule has 1 aromatic rings. The fourth-order valence-electron chi connectivity index (χ4n) is 8.91. The molecule has 1 heterocycles. The normalized spacial score (nSPS) is 40.8. The molecule has 4 aliphatic rings. The monoisotopic (exact) mass is 619 g/mol. The number of aliphatic hydroxyl groups excluding tert-OH is 3. The Morgan fingerprint density at radius 2 is 1.82 bits per heavy atom. The molecule has 1 aromatic carbocycles. The van der Waals surface area contributed by atoms with E-state index in [0.29, 0.717) is 5.57 Å². The Morgan fingerprint density at radius 3 is 2.41 bits per heavy atom. The van der Waals surface area contributed by atoms with Crippen LogP contribution in [0.2, 0.25) is 0 Å². The maximum Gasteiger partial charge on any atom is 0.407 e. The van der Waals surface area contributed by atoms with Crippen molar-refractivity contribution in [3.8, 4) is 0 Å². The van der Waals surface area contributed by atoms with E-state index in [2.05, 4.69) is 5.32 Å². The molecule has 0 radical (unpaired) electrons. The fourth-order valence-corrected chi connectivity index (χ4v) is 8.91. The molecule has 2 saturated carbocycles. The first-order chi connectivity index (χ1) is 20.6. The lowest BCUT2D eigenvalue weighted by atomic mass is 9.42. The van der Waals surface area contributed by atoms with Gasteiger partial charge in [0.25, 0.3) is 0 Å². The summed E-state index contributed by atoms with van der Waals surface area (Å²) in [4.78, 5) is 31.3. The van der Waals surface area contributed by atoms with Gasteiger partial charge in [-0.1, -0.05) is 56.7 Å². The van der Waals surface area contributed by atoms with Crippen molar-refractivity contribution in [1.82, 2.24) is 5.32 Å². The zero-order valence-corrected chi connectivity index (χ0v) is 25.8. The first-order valence-corrected chi connectivity index (χ1v) is 15.2. The van der Waals surface area contributed by atoms with Crippen LogP contribution in [0.15, 0.2) is 41.5 Å². The van der Waals surface area contributed by atoms with E-state index in [1.807, 2.05) is 6.07 Å². The first-order valence-electron chi connectivity index (χ1n) is 15.2. The average Bonchev–Trinajstić information content (AvgIpc) is 2.98. The Kier molecular flexibility index (Phi) is 8.56. The highest BCUT2D eigenvalue weighted by Crippen LogP contribution is 2.65. The third-order valence-electron chi connectivity index (χ3n) is 11.5. The van der Waals surface area contributed by atoms with E-state index in [0.717, 1.165) is 5.56 Å².